The molecule has 1 aliphatic carbocycles. The summed E-state index contributed by atoms with van der Waals surface area (Å²) in [5.41, 5.74) is 2.83. The van der Waals surface area contributed by atoms with E-state index >= 15 is 0 Å². The Morgan fingerprint density at radius 2 is 1.62 bits per heavy atom. The van der Waals surface area contributed by atoms with Crippen molar-refractivity contribution in [3.63, 3.8) is 0 Å². The van der Waals surface area contributed by atoms with Gasteiger partial charge in [-0.3, -0.25) is 9.59 Å². The number of fused-ring (bicyclic) bond motifs is 3. The Morgan fingerprint density at radius 1 is 0.905 bits per heavy atom. The normalized spacial score (nSPS) is 19.3. The molecule has 2 aliphatic rings. The summed E-state index contributed by atoms with van der Waals surface area (Å²) >= 11 is 0. The maximum Gasteiger partial charge on any atom is 0.272 e. The summed E-state index contributed by atoms with van der Waals surface area (Å²) < 4.78 is 13.5. The average molecular weight is 566 g/mol. The molecule has 0 unspecified atom stereocenters. The first-order valence-electron chi connectivity index (χ1n) is 14.9. The molecule has 0 saturated heterocycles. The number of aryl methyl sites for hydroxylation is 1. The lowest BCUT2D eigenvalue weighted by Crippen LogP contribution is -2.63. The molecule has 1 saturated carbocycles. The number of hydrogen-bond acceptors (Lipinski definition) is 4. The highest BCUT2D eigenvalue weighted by molar-refractivity contribution is 6.06. The van der Waals surface area contributed by atoms with Crippen molar-refractivity contribution < 1.29 is 19.1 Å². The smallest absolute Gasteiger partial charge is 0.272 e. The van der Waals surface area contributed by atoms with Crippen LogP contribution in [0.25, 0.3) is 10.9 Å². The quantitative estimate of drug-likeness (QED) is 0.265. The molecule has 1 fully saturated rings. The van der Waals surface area contributed by atoms with Gasteiger partial charge in [0.05, 0.1) is 26.3 Å². The lowest BCUT2D eigenvalue weighted by molar-refractivity contribution is -0.136. The van der Waals surface area contributed by atoms with Gasteiger partial charge in [-0.05, 0) is 49.1 Å². The molecule has 7 heteroatoms. The van der Waals surface area contributed by atoms with Crippen molar-refractivity contribution in [3.8, 4) is 11.5 Å². The molecule has 0 radical (unpaired) electrons. The van der Waals surface area contributed by atoms with E-state index in [1.807, 2.05) is 78.2 Å². The van der Waals surface area contributed by atoms with Gasteiger partial charge in [0.2, 0.25) is 0 Å². The van der Waals surface area contributed by atoms with Crippen LogP contribution >= 0.6 is 0 Å². The zero-order chi connectivity index (χ0) is 29.3. The van der Waals surface area contributed by atoms with Crippen LogP contribution in [-0.4, -0.2) is 41.5 Å². The Bertz CT molecular complexity index is 1600. The number of hydrogen-bond donors (Lipinski definition) is 1. The number of carbonyl (C=O) groups excluding carboxylic acids is 2. The Labute approximate surface area is 247 Å². The van der Waals surface area contributed by atoms with Crippen LogP contribution in [0.15, 0.2) is 72.8 Å². The highest BCUT2D eigenvalue weighted by Gasteiger charge is 2.53. The van der Waals surface area contributed by atoms with Crippen molar-refractivity contribution in [1.29, 1.82) is 0 Å². The summed E-state index contributed by atoms with van der Waals surface area (Å²) in [6, 6.07) is 23.6. The minimum absolute atomic E-state index is 0.0777. The molecular weight excluding hydrogens is 526 g/mol. The van der Waals surface area contributed by atoms with Gasteiger partial charge in [-0.25, -0.2) is 0 Å². The molecule has 3 aromatic carbocycles. The molecule has 0 spiro atoms. The number of benzene rings is 3. The van der Waals surface area contributed by atoms with Gasteiger partial charge in [-0.2, -0.15) is 0 Å². The highest BCUT2D eigenvalue weighted by Crippen LogP contribution is 2.44. The third-order valence-electron chi connectivity index (χ3n) is 8.97. The molecule has 1 aromatic heterocycles. The van der Waals surface area contributed by atoms with Crippen LogP contribution in [0.2, 0.25) is 0 Å². The number of nitrogens with one attached hydrogen (secondary N) is 1. The van der Waals surface area contributed by atoms with E-state index in [-0.39, 0.29) is 24.4 Å². The van der Waals surface area contributed by atoms with E-state index in [0.29, 0.717) is 23.7 Å². The highest BCUT2D eigenvalue weighted by atomic mass is 16.5. The maximum atomic E-state index is 14.9. The van der Waals surface area contributed by atoms with Gasteiger partial charge in [-0.15, -0.1) is 0 Å². The molecule has 0 bridgehead atoms. The van der Waals surface area contributed by atoms with E-state index in [0.717, 1.165) is 53.3 Å². The van der Waals surface area contributed by atoms with Gasteiger partial charge in [-0.1, -0.05) is 85.8 Å². The van der Waals surface area contributed by atoms with Gasteiger partial charge < -0.3 is 24.3 Å². The number of rotatable bonds is 7. The van der Waals surface area contributed by atoms with Crippen molar-refractivity contribution in [2.45, 2.75) is 70.1 Å². The summed E-state index contributed by atoms with van der Waals surface area (Å²) in [5, 5.41) is 4.22. The van der Waals surface area contributed by atoms with E-state index in [9.17, 15) is 9.59 Å². The first-order chi connectivity index (χ1) is 20.5. The lowest BCUT2D eigenvalue weighted by atomic mass is 9.83. The van der Waals surface area contributed by atoms with Crippen LogP contribution in [0.3, 0.4) is 0 Å². The van der Waals surface area contributed by atoms with Gasteiger partial charge in [0.1, 0.15) is 17.2 Å². The van der Waals surface area contributed by atoms with Crippen molar-refractivity contribution in [1.82, 2.24) is 14.8 Å². The molecule has 4 aromatic rings. The topological polar surface area (TPSA) is 72.8 Å². The van der Waals surface area contributed by atoms with Crippen molar-refractivity contribution in [2.75, 3.05) is 14.2 Å². The Balaban J connectivity index is 1.58. The van der Waals surface area contributed by atoms with E-state index < -0.39 is 5.54 Å². The van der Waals surface area contributed by atoms with E-state index in [1.165, 1.54) is 12.8 Å². The number of amides is 2. The molecule has 6 rings (SSSR count). The fourth-order valence-electron chi connectivity index (χ4n) is 6.85. The average Bonchev–Trinajstić information content (AvgIpc) is 3.20. The summed E-state index contributed by atoms with van der Waals surface area (Å²) in [6.07, 6.45) is 6.47. The van der Waals surface area contributed by atoms with Gasteiger partial charge in [0.15, 0.2) is 5.54 Å². The van der Waals surface area contributed by atoms with E-state index in [4.69, 9.17) is 9.47 Å². The SMILES string of the molecule is COc1ccc(OC)c2c1cc1n2C[C@@](C(=O)NC2CCCCCC2)(c2ccccc2)N(Cc2cccc(C)c2)C1=O. The van der Waals surface area contributed by atoms with Crippen LogP contribution in [0.5, 0.6) is 11.5 Å². The molecule has 1 aliphatic heterocycles. The van der Waals surface area contributed by atoms with Crippen molar-refractivity contribution in [3.05, 3.63) is 95.2 Å². The van der Waals surface area contributed by atoms with Crippen LogP contribution < -0.4 is 14.8 Å². The first kappa shape index (κ1) is 27.9. The van der Waals surface area contributed by atoms with Gasteiger partial charge in [0, 0.05) is 18.0 Å². The van der Waals surface area contributed by atoms with Crippen molar-refractivity contribution >= 4 is 22.7 Å². The maximum absolute atomic E-state index is 14.9. The number of nitrogens with zero attached hydrogens (tertiary/aromatic N) is 2. The van der Waals surface area contributed by atoms with Gasteiger partial charge in [0.25, 0.3) is 11.8 Å². The Hall–Kier alpha value is -4.26. The fourth-order valence-corrected chi connectivity index (χ4v) is 6.85. The minimum atomic E-state index is -1.29. The van der Waals surface area contributed by atoms with Crippen molar-refractivity contribution in [2.24, 2.45) is 0 Å². The molecule has 42 heavy (non-hydrogen) atoms. The zero-order valence-electron chi connectivity index (χ0n) is 24.7. The predicted octanol–water partition coefficient (Wildman–Crippen LogP) is 6.36. The fraction of sp³-hybridized carbons (Fsp3) is 0.371. The van der Waals surface area contributed by atoms with Crippen LogP contribution in [0.1, 0.15) is 65.7 Å². The molecular formula is C35H39N3O4. The minimum Gasteiger partial charge on any atom is -0.496 e. The second kappa shape index (κ2) is 11.6. The predicted molar refractivity (Wildman–Crippen MR) is 164 cm³/mol. The molecule has 7 nitrogen and oxygen atoms in total. The summed E-state index contributed by atoms with van der Waals surface area (Å²) in [5.74, 6) is 0.931. The second-order valence-electron chi connectivity index (χ2n) is 11.6. The van der Waals surface area contributed by atoms with Crippen LogP contribution in [0, 0.1) is 6.92 Å². The standard InChI is InChI=1S/C35H39N3O4/c1-24-12-11-13-25(20-24)22-38-33(39)29-21-28-30(41-2)18-19-31(42-3)32(28)37(29)23-35(38,26-14-7-6-8-15-26)34(40)36-27-16-9-4-5-10-17-27/h6-8,11-15,18-21,27H,4-5,9-10,16-17,22-23H2,1-3H3,(H,36,40)/t35-/m0/s1. The molecule has 218 valence electrons. The third-order valence-corrected chi connectivity index (χ3v) is 8.97. The number of aromatic nitrogens is 1. The monoisotopic (exact) mass is 565 g/mol. The van der Waals surface area contributed by atoms with Gasteiger partial charge >= 0.3 is 0 Å². The Morgan fingerprint density at radius 3 is 2.31 bits per heavy atom. The third kappa shape index (κ3) is 4.81. The number of ether oxygens (including phenoxy) is 2. The largest absolute Gasteiger partial charge is 0.496 e. The first-order valence-corrected chi connectivity index (χ1v) is 14.9. The van der Waals surface area contributed by atoms with Crippen LogP contribution in [0.4, 0.5) is 0 Å². The summed E-state index contributed by atoms with van der Waals surface area (Å²) in [7, 11) is 3.25. The number of carbonyl (C=O) groups is 2. The van der Waals surface area contributed by atoms with E-state index in [2.05, 4.69) is 11.4 Å². The van der Waals surface area contributed by atoms with E-state index in [1.54, 1.807) is 19.1 Å². The summed E-state index contributed by atoms with van der Waals surface area (Å²) in [4.78, 5) is 31.4. The Kier molecular flexibility index (Phi) is 7.67. The van der Waals surface area contributed by atoms with Crippen LogP contribution in [-0.2, 0) is 23.4 Å². The second-order valence-corrected chi connectivity index (χ2v) is 11.6. The molecule has 2 heterocycles. The molecule has 1 atom stereocenters. The number of methoxy groups -OCH3 is 2. The summed E-state index contributed by atoms with van der Waals surface area (Å²) in [6.45, 7) is 2.58. The molecule has 1 N–H and O–H groups in total. The zero-order valence-corrected chi connectivity index (χ0v) is 24.7. The molecule has 2 amide bonds. The lowest BCUT2D eigenvalue weighted by Gasteiger charge is -2.47.